The lowest BCUT2D eigenvalue weighted by Gasteiger charge is -2.21. The number of hydrogen-bond acceptors (Lipinski definition) is 5. The molecule has 0 radical (unpaired) electrons. The van der Waals surface area contributed by atoms with Gasteiger partial charge in [-0.3, -0.25) is 0 Å². The average molecular weight is 306 g/mol. The lowest BCUT2D eigenvalue weighted by Crippen LogP contribution is -2.27. The fourth-order valence-corrected chi connectivity index (χ4v) is 2.82. The van der Waals surface area contributed by atoms with Crippen LogP contribution in [0, 0.1) is 11.3 Å². The molecule has 1 aliphatic heterocycles. The van der Waals surface area contributed by atoms with Gasteiger partial charge in [0.15, 0.2) is 6.29 Å². The fraction of sp³-hybridized carbons (Fsp3) is 0.706. The van der Waals surface area contributed by atoms with E-state index in [2.05, 4.69) is 11.4 Å². The molecule has 0 spiro atoms. The first kappa shape index (κ1) is 17.0. The van der Waals surface area contributed by atoms with Gasteiger partial charge in [0.2, 0.25) is 0 Å². The molecule has 1 heterocycles. The van der Waals surface area contributed by atoms with E-state index in [-0.39, 0.29) is 0 Å². The van der Waals surface area contributed by atoms with Crippen molar-refractivity contribution in [3.05, 3.63) is 22.9 Å². The van der Waals surface area contributed by atoms with Crippen molar-refractivity contribution in [1.29, 1.82) is 5.26 Å². The van der Waals surface area contributed by atoms with Crippen LogP contribution in [0.3, 0.4) is 0 Å². The van der Waals surface area contributed by atoms with Crippen LogP contribution >= 0.6 is 0 Å². The summed E-state index contributed by atoms with van der Waals surface area (Å²) in [5, 5.41) is 22.8. The van der Waals surface area contributed by atoms with Gasteiger partial charge in [-0.1, -0.05) is 6.92 Å². The second kappa shape index (κ2) is 8.94. The number of allylic oxidation sites excluding steroid dienone is 3. The van der Waals surface area contributed by atoms with Crippen molar-refractivity contribution < 1.29 is 14.6 Å². The molecule has 1 aliphatic carbocycles. The van der Waals surface area contributed by atoms with Gasteiger partial charge in [0.25, 0.3) is 0 Å². The highest BCUT2D eigenvalue weighted by molar-refractivity contribution is 5.39. The number of rotatable bonds is 7. The Bertz CT molecular complexity index is 459. The van der Waals surface area contributed by atoms with Gasteiger partial charge in [-0.25, -0.2) is 0 Å². The summed E-state index contributed by atoms with van der Waals surface area (Å²) in [7, 11) is 0. The molecular weight excluding hydrogens is 280 g/mol. The first-order chi connectivity index (χ1) is 10.7. The summed E-state index contributed by atoms with van der Waals surface area (Å²) >= 11 is 0. The fourth-order valence-electron chi connectivity index (χ4n) is 2.82. The normalized spacial score (nSPS) is 25.3. The van der Waals surface area contributed by atoms with E-state index in [0.717, 1.165) is 62.9 Å². The van der Waals surface area contributed by atoms with E-state index in [1.807, 2.05) is 13.0 Å². The predicted octanol–water partition coefficient (Wildman–Crippen LogP) is 2.39. The van der Waals surface area contributed by atoms with Gasteiger partial charge in [0, 0.05) is 25.5 Å². The number of nitrogens with zero attached hydrogens (tertiary/aromatic N) is 1. The zero-order chi connectivity index (χ0) is 15.8. The molecule has 122 valence electrons. The predicted molar refractivity (Wildman–Crippen MR) is 83.8 cm³/mol. The third kappa shape index (κ3) is 4.84. The second-order valence-electron chi connectivity index (χ2n) is 5.81. The van der Waals surface area contributed by atoms with E-state index in [1.54, 1.807) is 0 Å². The summed E-state index contributed by atoms with van der Waals surface area (Å²) in [6, 6.07) is 2.11. The molecule has 1 saturated heterocycles. The monoisotopic (exact) mass is 306 g/mol. The molecule has 0 aromatic rings. The van der Waals surface area contributed by atoms with Gasteiger partial charge in [-0.2, -0.15) is 5.26 Å². The standard InChI is InChI=1S/C17H26N2O3/c1-2-8-22-17(20)16(11-18)13-5-3-6-14(10-13)19-12-15-7-4-9-21-15/h10,15,17,19-20H,2-9,12H2,1H3/b16-13-. The largest absolute Gasteiger partial charge is 0.386 e. The van der Waals surface area contributed by atoms with Crippen LogP contribution < -0.4 is 5.32 Å². The number of nitrogens with one attached hydrogen (secondary N) is 1. The van der Waals surface area contributed by atoms with Gasteiger partial charge in [-0.15, -0.1) is 0 Å². The SMILES string of the molecule is CCCOC(O)/C(C#N)=C1\C=C(NCC2CCCO2)CCC1. The third-order valence-electron chi connectivity index (χ3n) is 4.01. The van der Waals surface area contributed by atoms with Gasteiger partial charge < -0.3 is 19.9 Å². The lowest BCUT2D eigenvalue weighted by molar-refractivity contribution is -0.0694. The van der Waals surface area contributed by atoms with Crippen molar-refractivity contribution in [2.75, 3.05) is 19.8 Å². The maximum Gasteiger partial charge on any atom is 0.191 e. The first-order valence-electron chi connectivity index (χ1n) is 8.23. The van der Waals surface area contributed by atoms with Crippen LogP contribution in [0.15, 0.2) is 22.9 Å². The van der Waals surface area contributed by atoms with Crippen LogP contribution in [0.4, 0.5) is 0 Å². The minimum Gasteiger partial charge on any atom is -0.386 e. The highest BCUT2D eigenvalue weighted by atomic mass is 16.6. The van der Waals surface area contributed by atoms with E-state index >= 15 is 0 Å². The Hall–Kier alpha value is -1.35. The minimum atomic E-state index is -1.12. The lowest BCUT2D eigenvalue weighted by atomic mass is 9.95. The zero-order valence-electron chi connectivity index (χ0n) is 13.3. The molecule has 5 heteroatoms. The van der Waals surface area contributed by atoms with Crippen molar-refractivity contribution >= 4 is 0 Å². The van der Waals surface area contributed by atoms with Crippen molar-refractivity contribution in [3.8, 4) is 6.07 Å². The quantitative estimate of drug-likeness (QED) is 0.558. The smallest absolute Gasteiger partial charge is 0.191 e. The molecular formula is C17H26N2O3. The molecule has 22 heavy (non-hydrogen) atoms. The molecule has 0 bridgehead atoms. The Labute approximate surface area is 132 Å². The maximum atomic E-state index is 10.0. The number of ether oxygens (including phenoxy) is 2. The number of hydrogen-bond donors (Lipinski definition) is 2. The minimum absolute atomic E-state index is 0.296. The summed E-state index contributed by atoms with van der Waals surface area (Å²) in [5.74, 6) is 0. The summed E-state index contributed by atoms with van der Waals surface area (Å²) in [5.41, 5.74) is 2.34. The van der Waals surface area contributed by atoms with Crippen LogP contribution in [0.1, 0.15) is 45.4 Å². The summed E-state index contributed by atoms with van der Waals surface area (Å²) in [6.07, 6.45) is 6.99. The topological polar surface area (TPSA) is 74.5 Å². The van der Waals surface area contributed by atoms with Crippen molar-refractivity contribution in [3.63, 3.8) is 0 Å². The number of nitriles is 1. The van der Waals surface area contributed by atoms with Crippen LogP contribution in [0.2, 0.25) is 0 Å². The Balaban J connectivity index is 1.99. The molecule has 0 aromatic carbocycles. The number of aliphatic hydroxyl groups excluding tert-OH is 1. The number of aliphatic hydroxyl groups is 1. The summed E-state index contributed by atoms with van der Waals surface area (Å²) in [4.78, 5) is 0. The van der Waals surface area contributed by atoms with Crippen molar-refractivity contribution in [2.45, 2.75) is 57.8 Å². The second-order valence-corrected chi connectivity index (χ2v) is 5.81. The molecule has 1 fully saturated rings. The molecule has 0 saturated carbocycles. The third-order valence-corrected chi connectivity index (χ3v) is 4.01. The Kier molecular flexibility index (Phi) is 6.91. The Morgan fingerprint density at radius 1 is 1.55 bits per heavy atom. The molecule has 0 amide bonds. The van der Waals surface area contributed by atoms with E-state index in [1.165, 1.54) is 0 Å². The Morgan fingerprint density at radius 3 is 3.09 bits per heavy atom. The molecule has 2 N–H and O–H groups in total. The van der Waals surface area contributed by atoms with Gasteiger partial charge in [0.05, 0.1) is 11.7 Å². The van der Waals surface area contributed by atoms with E-state index in [4.69, 9.17) is 9.47 Å². The van der Waals surface area contributed by atoms with E-state index in [0.29, 0.717) is 18.3 Å². The molecule has 5 nitrogen and oxygen atoms in total. The molecule has 2 atom stereocenters. The highest BCUT2D eigenvalue weighted by Gasteiger charge is 2.20. The van der Waals surface area contributed by atoms with Crippen molar-refractivity contribution in [2.24, 2.45) is 0 Å². The van der Waals surface area contributed by atoms with Crippen molar-refractivity contribution in [1.82, 2.24) is 5.32 Å². The van der Waals surface area contributed by atoms with E-state index < -0.39 is 6.29 Å². The van der Waals surface area contributed by atoms with Crippen LogP contribution in [0.25, 0.3) is 0 Å². The van der Waals surface area contributed by atoms with Gasteiger partial charge in [-0.05, 0) is 50.2 Å². The van der Waals surface area contributed by atoms with Crippen LogP contribution in [-0.4, -0.2) is 37.3 Å². The maximum absolute atomic E-state index is 10.0. The molecule has 2 rings (SSSR count). The highest BCUT2D eigenvalue weighted by Crippen LogP contribution is 2.25. The zero-order valence-corrected chi connectivity index (χ0v) is 13.3. The van der Waals surface area contributed by atoms with Gasteiger partial charge in [0.1, 0.15) is 6.07 Å². The molecule has 2 aliphatic rings. The molecule has 0 aromatic heterocycles. The Morgan fingerprint density at radius 2 is 2.41 bits per heavy atom. The van der Waals surface area contributed by atoms with E-state index in [9.17, 15) is 10.4 Å². The van der Waals surface area contributed by atoms with Crippen LogP contribution in [0.5, 0.6) is 0 Å². The van der Waals surface area contributed by atoms with Crippen LogP contribution in [-0.2, 0) is 9.47 Å². The summed E-state index contributed by atoms with van der Waals surface area (Å²) in [6.45, 7) is 4.10. The first-order valence-corrected chi connectivity index (χ1v) is 8.23. The molecule has 2 unspecified atom stereocenters. The average Bonchev–Trinajstić information content (AvgIpc) is 3.05. The van der Waals surface area contributed by atoms with Gasteiger partial charge >= 0.3 is 0 Å². The summed E-state index contributed by atoms with van der Waals surface area (Å²) < 4.78 is 10.9.